The third kappa shape index (κ3) is 6.52. The van der Waals surface area contributed by atoms with Gasteiger partial charge in [0.2, 0.25) is 0 Å². The first kappa shape index (κ1) is 18.0. The molecule has 0 spiro atoms. The van der Waals surface area contributed by atoms with Crippen molar-refractivity contribution in [3.63, 3.8) is 0 Å². The zero-order valence-electron chi connectivity index (χ0n) is 13.3. The standard InChI is InChI=1S/C14H26N4O2S/c1-5-15-10-13-6-7-14(16-11-13)21(19,20)17-12(2)8-9-18(3)4/h6-7,11-12,15,17H,5,8-10H2,1-4H3. The Bertz CT molecular complexity index is 514. The van der Waals surface area contributed by atoms with Gasteiger partial charge in [-0.2, -0.15) is 0 Å². The highest BCUT2D eigenvalue weighted by Crippen LogP contribution is 2.08. The molecule has 2 N–H and O–H groups in total. The highest BCUT2D eigenvalue weighted by molar-refractivity contribution is 7.89. The van der Waals surface area contributed by atoms with Gasteiger partial charge in [-0.15, -0.1) is 0 Å². The summed E-state index contributed by atoms with van der Waals surface area (Å²) in [6, 6.07) is 3.21. The third-order valence-electron chi connectivity index (χ3n) is 3.02. The van der Waals surface area contributed by atoms with Crippen molar-refractivity contribution in [2.75, 3.05) is 27.2 Å². The first-order valence-corrected chi connectivity index (χ1v) is 8.66. The summed E-state index contributed by atoms with van der Waals surface area (Å²) in [5, 5.41) is 3.24. The van der Waals surface area contributed by atoms with E-state index in [1.807, 2.05) is 32.8 Å². The van der Waals surface area contributed by atoms with Gasteiger partial charge in [0.05, 0.1) is 0 Å². The summed E-state index contributed by atoms with van der Waals surface area (Å²) in [5.41, 5.74) is 0.969. The lowest BCUT2D eigenvalue weighted by Gasteiger charge is -2.16. The number of nitrogens with zero attached hydrogens (tertiary/aromatic N) is 2. The van der Waals surface area contributed by atoms with Gasteiger partial charge in [0.1, 0.15) is 0 Å². The molecule has 21 heavy (non-hydrogen) atoms. The molecule has 1 heterocycles. The molecule has 6 nitrogen and oxygen atoms in total. The molecular weight excluding hydrogens is 288 g/mol. The minimum Gasteiger partial charge on any atom is -0.313 e. The smallest absolute Gasteiger partial charge is 0.258 e. The highest BCUT2D eigenvalue weighted by atomic mass is 32.2. The van der Waals surface area contributed by atoms with Gasteiger partial charge in [-0.25, -0.2) is 18.1 Å². The minimum absolute atomic E-state index is 0.0689. The fourth-order valence-electron chi connectivity index (χ4n) is 1.78. The molecular formula is C14H26N4O2S. The molecule has 120 valence electrons. The lowest BCUT2D eigenvalue weighted by Crippen LogP contribution is -2.35. The Kier molecular flexibility index (Phi) is 7.24. The van der Waals surface area contributed by atoms with Crippen LogP contribution in [0.25, 0.3) is 0 Å². The van der Waals surface area contributed by atoms with Gasteiger partial charge in [-0.3, -0.25) is 0 Å². The van der Waals surface area contributed by atoms with Crippen LogP contribution in [0.5, 0.6) is 0 Å². The van der Waals surface area contributed by atoms with Gasteiger partial charge < -0.3 is 10.2 Å². The number of hydrogen-bond acceptors (Lipinski definition) is 5. The van der Waals surface area contributed by atoms with Gasteiger partial charge in [0, 0.05) is 18.8 Å². The van der Waals surface area contributed by atoms with E-state index in [2.05, 4.69) is 15.0 Å². The molecule has 0 aliphatic carbocycles. The van der Waals surface area contributed by atoms with E-state index in [4.69, 9.17) is 0 Å². The van der Waals surface area contributed by atoms with Crippen LogP contribution in [-0.2, 0) is 16.6 Å². The average Bonchev–Trinajstić information content (AvgIpc) is 2.43. The summed E-state index contributed by atoms with van der Waals surface area (Å²) in [5.74, 6) is 0. The van der Waals surface area contributed by atoms with Crippen LogP contribution in [0.15, 0.2) is 23.4 Å². The first-order valence-electron chi connectivity index (χ1n) is 7.18. The second-order valence-corrected chi connectivity index (χ2v) is 7.06. The van der Waals surface area contributed by atoms with Crippen molar-refractivity contribution in [3.8, 4) is 0 Å². The summed E-state index contributed by atoms with van der Waals surface area (Å²) in [4.78, 5) is 6.08. The van der Waals surface area contributed by atoms with Crippen LogP contribution in [0.4, 0.5) is 0 Å². The number of sulfonamides is 1. The quantitative estimate of drug-likeness (QED) is 0.705. The molecule has 0 bridgehead atoms. The molecule has 1 unspecified atom stereocenters. The molecule has 0 radical (unpaired) electrons. The van der Waals surface area contributed by atoms with Crippen LogP contribution in [0.2, 0.25) is 0 Å². The molecule has 1 atom stereocenters. The van der Waals surface area contributed by atoms with E-state index in [1.165, 1.54) is 0 Å². The predicted octanol–water partition coefficient (Wildman–Crippen LogP) is 0.810. The Balaban J connectivity index is 2.65. The maximum Gasteiger partial charge on any atom is 0.258 e. The van der Waals surface area contributed by atoms with Gasteiger partial charge >= 0.3 is 0 Å². The van der Waals surface area contributed by atoms with Crippen LogP contribution < -0.4 is 10.0 Å². The Morgan fingerprint density at radius 3 is 2.57 bits per heavy atom. The van der Waals surface area contributed by atoms with Crippen molar-refractivity contribution in [1.29, 1.82) is 0 Å². The van der Waals surface area contributed by atoms with Crippen LogP contribution in [0.3, 0.4) is 0 Å². The minimum atomic E-state index is -3.54. The van der Waals surface area contributed by atoms with E-state index in [0.29, 0.717) is 6.54 Å². The second kappa shape index (κ2) is 8.43. The number of aromatic nitrogens is 1. The Labute approximate surface area is 128 Å². The topological polar surface area (TPSA) is 74.3 Å². The van der Waals surface area contributed by atoms with Crippen molar-refractivity contribution < 1.29 is 8.42 Å². The summed E-state index contributed by atoms with van der Waals surface area (Å²) < 4.78 is 27.1. The van der Waals surface area contributed by atoms with Crippen LogP contribution >= 0.6 is 0 Å². The lowest BCUT2D eigenvalue weighted by molar-refractivity contribution is 0.379. The fourth-order valence-corrected chi connectivity index (χ4v) is 2.99. The van der Waals surface area contributed by atoms with E-state index in [-0.39, 0.29) is 11.1 Å². The van der Waals surface area contributed by atoms with Crippen molar-refractivity contribution in [3.05, 3.63) is 23.9 Å². The van der Waals surface area contributed by atoms with E-state index in [9.17, 15) is 8.42 Å². The molecule has 1 rings (SSSR count). The zero-order valence-corrected chi connectivity index (χ0v) is 14.1. The summed E-state index contributed by atoms with van der Waals surface area (Å²) in [6.45, 7) is 6.27. The normalized spacial score (nSPS) is 13.6. The monoisotopic (exact) mass is 314 g/mol. The molecule has 7 heteroatoms. The van der Waals surface area contributed by atoms with Gasteiger partial charge in [0.25, 0.3) is 10.0 Å². The van der Waals surface area contributed by atoms with E-state index in [1.54, 1.807) is 18.3 Å². The zero-order chi connectivity index (χ0) is 15.9. The van der Waals surface area contributed by atoms with E-state index in [0.717, 1.165) is 25.1 Å². The third-order valence-corrected chi connectivity index (χ3v) is 4.52. The van der Waals surface area contributed by atoms with E-state index < -0.39 is 10.0 Å². The molecule has 1 aromatic heterocycles. The fraction of sp³-hybridized carbons (Fsp3) is 0.643. The Morgan fingerprint density at radius 1 is 1.33 bits per heavy atom. The molecule has 0 aromatic carbocycles. The molecule has 0 saturated carbocycles. The maximum atomic E-state index is 12.2. The van der Waals surface area contributed by atoms with Gasteiger partial charge in [-0.1, -0.05) is 13.0 Å². The van der Waals surface area contributed by atoms with Crippen LogP contribution in [0, 0.1) is 0 Å². The van der Waals surface area contributed by atoms with Crippen molar-refractivity contribution >= 4 is 10.0 Å². The molecule has 1 aromatic rings. The summed E-state index contributed by atoms with van der Waals surface area (Å²) >= 11 is 0. The van der Waals surface area contributed by atoms with Crippen molar-refractivity contribution in [2.24, 2.45) is 0 Å². The molecule has 0 aliphatic rings. The number of rotatable bonds is 9. The van der Waals surface area contributed by atoms with Crippen LogP contribution in [0.1, 0.15) is 25.8 Å². The molecule has 0 fully saturated rings. The van der Waals surface area contributed by atoms with Crippen LogP contribution in [-0.4, -0.2) is 51.5 Å². The largest absolute Gasteiger partial charge is 0.313 e. The van der Waals surface area contributed by atoms with Gasteiger partial charge in [-0.05, 0) is 52.2 Å². The van der Waals surface area contributed by atoms with E-state index >= 15 is 0 Å². The predicted molar refractivity (Wildman–Crippen MR) is 84.6 cm³/mol. The second-order valence-electron chi connectivity index (χ2n) is 5.40. The highest BCUT2D eigenvalue weighted by Gasteiger charge is 2.18. The average molecular weight is 314 g/mol. The first-order chi connectivity index (χ1) is 9.85. The Hall–Kier alpha value is -1.02. The molecule has 0 amide bonds. The number of nitrogens with one attached hydrogen (secondary N) is 2. The SMILES string of the molecule is CCNCc1ccc(S(=O)(=O)NC(C)CCN(C)C)nc1. The number of hydrogen-bond donors (Lipinski definition) is 2. The number of pyridine rings is 1. The summed E-state index contributed by atoms with van der Waals surface area (Å²) in [7, 11) is 0.384. The summed E-state index contributed by atoms with van der Waals surface area (Å²) in [6.07, 6.45) is 2.35. The Morgan fingerprint density at radius 2 is 2.05 bits per heavy atom. The lowest BCUT2D eigenvalue weighted by atomic mass is 10.2. The molecule has 0 saturated heterocycles. The maximum absolute atomic E-state index is 12.2. The van der Waals surface area contributed by atoms with Gasteiger partial charge in [0.15, 0.2) is 5.03 Å². The van der Waals surface area contributed by atoms with Crippen molar-refractivity contribution in [1.82, 2.24) is 19.9 Å². The van der Waals surface area contributed by atoms with Crippen molar-refractivity contribution in [2.45, 2.75) is 37.9 Å². The molecule has 0 aliphatic heterocycles.